The standard InChI is InChI=1S/C7H7N3OS/c8-4-6-3-7(10-5-9-6)12-2-1-11/h3,5,11H,1-2H2. The molecule has 1 N–H and O–H groups in total. The molecule has 0 aliphatic carbocycles. The lowest BCUT2D eigenvalue weighted by atomic mass is 10.4. The molecule has 1 rings (SSSR count). The molecule has 1 aromatic heterocycles. The lowest BCUT2D eigenvalue weighted by molar-refractivity contribution is 0.322. The summed E-state index contributed by atoms with van der Waals surface area (Å²) in [5.41, 5.74) is 0.352. The first-order valence-electron chi connectivity index (χ1n) is 3.32. The summed E-state index contributed by atoms with van der Waals surface area (Å²) in [4.78, 5) is 7.63. The second-order valence-corrected chi connectivity index (χ2v) is 3.04. The molecule has 0 fully saturated rings. The summed E-state index contributed by atoms with van der Waals surface area (Å²) in [6.07, 6.45) is 1.35. The average Bonchev–Trinajstić information content (AvgIpc) is 2.15. The largest absolute Gasteiger partial charge is 0.396 e. The van der Waals surface area contributed by atoms with E-state index in [0.29, 0.717) is 11.4 Å². The molecule has 0 unspecified atom stereocenters. The van der Waals surface area contributed by atoms with Crippen molar-refractivity contribution in [3.8, 4) is 6.07 Å². The van der Waals surface area contributed by atoms with Gasteiger partial charge in [-0.1, -0.05) is 0 Å². The van der Waals surface area contributed by atoms with Gasteiger partial charge in [0, 0.05) is 11.8 Å². The molecule has 0 saturated heterocycles. The minimum Gasteiger partial charge on any atom is -0.396 e. The number of nitrogens with zero attached hydrogens (tertiary/aromatic N) is 3. The number of hydrogen-bond donors (Lipinski definition) is 1. The number of thioether (sulfide) groups is 1. The zero-order chi connectivity index (χ0) is 8.81. The van der Waals surface area contributed by atoms with Crippen LogP contribution in [0.5, 0.6) is 0 Å². The van der Waals surface area contributed by atoms with E-state index in [1.54, 1.807) is 6.07 Å². The zero-order valence-electron chi connectivity index (χ0n) is 6.27. The first kappa shape index (κ1) is 8.97. The van der Waals surface area contributed by atoms with Gasteiger partial charge in [0.15, 0.2) is 0 Å². The first-order chi connectivity index (χ1) is 5.86. The van der Waals surface area contributed by atoms with Gasteiger partial charge in [-0.15, -0.1) is 11.8 Å². The molecule has 12 heavy (non-hydrogen) atoms. The Hall–Kier alpha value is -1.12. The minimum atomic E-state index is 0.108. The van der Waals surface area contributed by atoms with E-state index in [4.69, 9.17) is 10.4 Å². The van der Waals surface area contributed by atoms with Crippen LogP contribution in [0.2, 0.25) is 0 Å². The van der Waals surface area contributed by atoms with Crippen LogP contribution >= 0.6 is 11.8 Å². The third-order valence-corrected chi connectivity index (χ3v) is 2.00. The molecule has 0 aliphatic heterocycles. The van der Waals surface area contributed by atoms with Crippen molar-refractivity contribution in [3.63, 3.8) is 0 Å². The summed E-state index contributed by atoms with van der Waals surface area (Å²) in [6, 6.07) is 3.51. The van der Waals surface area contributed by atoms with Crippen molar-refractivity contribution >= 4 is 11.8 Å². The molecule has 4 nitrogen and oxygen atoms in total. The van der Waals surface area contributed by atoms with Crippen LogP contribution in [-0.2, 0) is 0 Å². The van der Waals surface area contributed by atoms with Gasteiger partial charge >= 0.3 is 0 Å². The van der Waals surface area contributed by atoms with Crippen molar-refractivity contribution in [2.75, 3.05) is 12.4 Å². The highest BCUT2D eigenvalue weighted by Gasteiger charge is 1.97. The van der Waals surface area contributed by atoms with Gasteiger partial charge in [-0.3, -0.25) is 0 Å². The van der Waals surface area contributed by atoms with Gasteiger partial charge in [0.2, 0.25) is 0 Å². The molecule has 0 radical (unpaired) electrons. The predicted octanol–water partition coefficient (Wildman–Crippen LogP) is 0.433. The second kappa shape index (κ2) is 4.70. The highest BCUT2D eigenvalue weighted by molar-refractivity contribution is 7.99. The van der Waals surface area contributed by atoms with Gasteiger partial charge in [-0.25, -0.2) is 9.97 Å². The summed E-state index contributed by atoms with van der Waals surface area (Å²) in [5.74, 6) is 0.585. The summed E-state index contributed by atoms with van der Waals surface area (Å²) in [6.45, 7) is 0.108. The Labute approximate surface area is 74.3 Å². The van der Waals surface area contributed by atoms with E-state index < -0.39 is 0 Å². The summed E-state index contributed by atoms with van der Waals surface area (Å²) < 4.78 is 0. The van der Waals surface area contributed by atoms with Crippen LogP contribution in [0.4, 0.5) is 0 Å². The Balaban J connectivity index is 2.68. The van der Waals surface area contributed by atoms with Crippen LogP contribution in [-0.4, -0.2) is 27.4 Å². The van der Waals surface area contributed by atoms with E-state index in [9.17, 15) is 0 Å². The van der Waals surface area contributed by atoms with Crippen LogP contribution < -0.4 is 0 Å². The summed E-state index contributed by atoms with van der Waals surface area (Å²) in [5, 5.41) is 17.7. The van der Waals surface area contributed by atoms with Crippen LogP contribution in [0.3, 0.4) is 0 Å². The third-order valence-electron chi connectivity index (χ3n) is 1.10. The number of aromatic nitrogens is 2. The van der Waals surface area contributed by atoms with Crippen molar-refractivity contribution in [3.05, 3.63) is 18.1 Å². The number of aliphatic hydroxyl groups is 1. The van der Waals surface area contributed by atoms with Crippen LogP contribution in [0.1, 0.15) is 5.69 Å². The van der Waals surface area contributed by atoms with E-state index in [1.807, 2.05) is 6.07 Å². The zero-order valence-corrected chi connectivity index (χ0v) is 7.08. The maximum Gasteiger partial charge on any atom is 0.144 e. The molecule has 0 aromatic carbocycles. The van der Waals surface area contributed by atoms with Crippen LogP contribution in [0.15, 0.2) is 17.4 Å². The Morgan fingerprint density at radius 3 is 3.08 bits per heavy atom. The van der Waals surface area contributed by atoms with E-state index in [1.165, 1.54) is 18.1 Å². The molecule has 0 aliphatic rings. The highest BCUT2D eigenvalue weighted by atomic mass is 32.2. The number of hydrogen-bond acceptors (Lipinski definition) is 5. The Kier molecular flexibility index (Phi) is 3.51. The Morgan fingerprint density at radius 1 is 1.58 bits per heavy atom. The normalized spacial score (nSPS) is 9.33. The summed E-state index contributed by atoms with van der Waals surface area (Å²) >= 11 is 1.40. The fraction of sp³-hybridized carbons (Fsp3) is 0.286. The quantitative estimate of drug-likeness (QED) is 0.541. The third kappa shape index (κ3) is 2.49. The molecule has 5 heteroatoms. The number of rotatable bonds is 3. The smallest absolute Gasteiger partial charge is 0.144 e. The molecule has 0 bridgehead atoms. The van der Waals surface area contributed by atoms with Crippen LogP contribution in [0.25, 0.3) is 0 Å². The molecule has 0 spiro atoms. The fourth-order valence-electron chi connectivity index (χ4n) is 0.630. The maximum atomic E-state index is 8.52. The molecule has 1 heterocycles. The van der Waals surface area contributed by atoms with Gasteiger partial charge in [-0.2, -0.15) is 5.26 Å². The molecule has 1 aromatic rings. The van der Waals surface area contributed by atoms with Crippen molar-refractivity contribution in [2.24, 2.45) is 0 Å². The fourth-order valence-corrected chi connectivity index (χ4v) is 1.25. The topological polar surface area (TPSA) is 69.8 Å². The van der Waals surface area contributed by atoms with Crippen molar-refractivity contribution < 1.29 is 5.11 Å². The molecule has 0 saturated carbocycles. The van der Waals surface area contributed by atoms with Gasteiger partial charge < -0.3 is 5.11 Å². The molecular weight excluding hydrogens is 174 g/mol. The van der Waals surface area contributed by atoms with Crippen molar-refractivity contribution in [1.82, 2.24) is 9.97 Å². The summed E-state index contributed by atoms with van der Waals surface area (Å²) in [7, 11) is 0. The molecular formula is C7H7N3OS. The Bertz CT molecular complexity index is 297. The first-order valence-corrected chi connectivity index (χ1v) is 4.31. The Morgan fingerprint density at radius 2 is 2.42 bits per heavy atom. The van der Waals surface area contributed by atoms with Crippen molar-refractivity contribution in [1.29, 1.82) is 5.26 Å². The SMILES string of the molecule is N#Cc1cc(SCCO)ncn1. The lowest BCUT2D eigenvalue weighted by Gasteiger charge is -1.96. The minimum absolute atomic E-state index is 0.108. The number of aliphatic hydroxyl groups excluding tert-OH is 1. The van der Waals surface area contributed by atoms with Gasteiger partial charge in [0.1, 0.15) is 23.1 Å². The van der Waals surface area contributed by atoms with Gasteiger partial charge in [-0.05, 0) is 0 Å². The molecule has 62 valence electrons. The van der Waals surface area contributed by atoms with E-state index in [-0.39, 0.29) is 6.61 Å². The predicted molar refractivity (Wildman–Crippen MR) is 44.6 cm³/mol. The van der Waals surface area contributed by atoms with Gasteiger partial charge in [0.25, 0.3) is 0 Å². The lowest BCUT2D eigenvalue weighted by Crippen LogP contribution is -1.90. The van der Waals surface area contributed by atoms with E-state index in [2.05, 4.69) is 9.97 Å². The van der Waals surface area contributed by atoms with Crippen molar-refractivity contribution in [2.45, 2.75) is 5.03 Å². The van der Waals surface area contributed by atoms with Gasteiger partial charge in [0.05, 0.1) is 6.61 Å². The molecule has 0 amide bonds. The second-order valence-electron chi connectivity index (χ2n) is 1.93. The van der Waals surface area contributed by atoms with E-state index in [0.717, 1.165) is 5.03 Å². The number of nitriles is 1. The van der Waals surface area contributed by atoms with E-state index >= 15 is 0 Å². The highest BCUT2D eigenvalue weighted by Crippen LogP contribution is 2.13. The monoisotopic (exact) mass is 181 g/mol. The average molecular weight is 181 g/mol. The van der Waals surface area contributed by atoms with Crippen LogP contribution in [0, 0.1) is 11.3 Å². The molecule has 0 atom stereocenters. The maximum absolute atomic E-state index is 8.52.